The summed E-state index contributed by atoms with van der Waals surface area (Å²) in [5.41, 5.74) is 8.47. The lowest BCUT2D eigenvalue weighted by molar-refractivity contribution is 0.267. The molecule has 1 rings (SSSR count). The highest BCUT2D eigenvalue weighted by Crippen LogP contribution is 2.21. The summed E-state index contributed by atoms with van der Waals surface area (Å²) < 4.78 is 0. The largest absolute Gasteiger partial charge is 0.329 e. The predicted molar refractivity (Wildman–Crippen MR) is 66.1 cm³/mol. The number of likely N-dealkylation sites (N-methyl/N-ethyl adjacent to an activating group) is 1. The molecule has 1 aromatic carbocycles. The molecule has 0 heterocycles. The summed E-state index contributed by atoms with van der Waals surface area (Å²) in [6.07, 6.45) is 0. The molecule has 0 saturated carbocycles. The first-order valence-corrected chi connectivity index (χ1v) is 5.49. The van der Waals surface area contributed by atoms with Gasteiger partial charge in [0.05, 0.1) is 0 Å². The molecule has 0 aliphatic rings. The fourth-order valence-electron chi connectivity index (χ4n) is 1.95. The van der Waals surface area contributed by atoms with Crippen LogP contribution in [0.25, 0.3) is 0 Å². The molecule has 15 heavy (non-hydrogen) atoms. The van der Waals surface area contributed by atoms with Crippen LogP contribution in [0.2, 0.25) is 0 Å². The van der Waals surface area contributed by atoms with E-state index >= 15 is 0 Å². The van der Waals surface area contributed by atoms with E-state index in [9.17, 15) is 0 Å². The van der Waals surface area contributed by atoms with Gasteiger partial charge in [0.15, 0.2) is 0 Å². The summed E-state index contributed by atoms with van der Waals surface area (Å²) in [5.74, 6) is 0.477. The zero-order valence-electron chi connectivity index (χ0n) is 10.2. The summed E-state index contributed by atoms with van der Waals surface area (Å²) >= 11 is 0. The highest BCUT2D eigenvalue weighted by Gasteiger charge is 2.18. The van der Waals surface area contributed by atoms with Gasteiger partial charge in [0, 0.05) is 12.6 Å². The maximum atomic E-state index is 5.80. The zero-order valence-corrected chi connectivity index (χ0v) is 10.2. The summed E-state index contributed by atoms with van der Waals surface area (Å²) in [6, 6.07) is 9.13. The maximum absolute atomic E-state index is 5.80. The Morgan fingerprint density at radius 1 is 1.20 bits per heavy atom. The van der Waals surface area contributed by atoms with Crippen LogP contribution >= 0.6 is 0 Å². The zero-order chi connectivity index (χ0) is 11.4. The van der Waals surface area contributed by atoms with Crippen molar-refractivity contribution in [2.24, 2.45) is 5.73 Å². The SMILES string of the molecule is Cc1ccc(C(C)C(CN)N(C)C)cc1. The average Bonchev–Trinajstić information content (AvgIpc) is 2.19. The molecule has 0 aliphatic heterocycles. The van der Waals surface area contributed by atoms with Crippen molar-refractivity contribution in [3.05, 3.63) is 35.4 Å². The van der Waals surface area contributed by atoms with Crippen LogP contribution < -0.4 is 5.73 Å². The Morgan fingerprint density at radius 3 is 2.13 bits per heavy atom. The standard InChI is InChI=1S/C13H22N2/c1-10-5-7-12(8-6-10)11(2)13(9-14)15(3)4/h5-8,11,13H,9,14H2,1-4H3. The maximum Gasteiger partial charge on any atom is 0.0278 e. The molecule has 0 aromatic heterocycles. The summed E-state index contributed by atoms with van der Waals surface area (Å²) in [5, 5.41) is 0. The van der Waals surface area contributed by atoms with Crippen molar-refractivity contribution in [2.45, 2.75) is 25.8 Å². The van der Waals surface area contributed by atoms with Gasteiger partial charge < -0.3 is 10.6 Å². The smallest absolute Gasteiger partial charge is 0.0278 e. The van der Waals surface area contributed by atoms with Crippen molar-refractivity contribution < 1.29 is 0 Å². The number of aryl methyl sites for hydroxylation is 1. The fourth-order valence-corrected chi connectivity index (χ4v) is 1.95. The lowest BCUT2D eigenvalue weighted by atomic mass is 9.92. The minimum Gasteiger partial charge on any atom is -0.329 e. The molecular formula is C13H22N2. The second-order valence-electron chi connectivity index (χ2n) is 4.47. The summed E-state index contributed by atoms with van der Waals surface area (Å²) in [6.45, 7) is 5.05. The quantitative estimate of drug-likeness (QED) is 0.816. The molecule has 2 atom stereocenters. The van der Waals surface area contributed by atoms with Gasteiger partial charge in [0.2, 0.25) is 0 Å². The Bertz CT molecular complexity index is 290. The van der Waals surface area contributed by atoms with Crippen LogP contribution in [0.1, 0.15) is 24.0 Å². The highest BCUT2D eigenvalue weighted by molar-refractivity contribution is 5.25. The van der Waals surface area contributed by atoms with Crippen molar-refractivity contribution in [1.29, 1.82) is 0 Å². The third-order valence-electron chi connectivity index (χ3n) is 3.09. The van der Waals surface area contributed by atoms with Gasteiger partial charge >= 0.3 is 0 Å². The van der Waals surface area contributed by atoms with Crippen LogP contribution in [0.4, 0.5) is 0 Å². The minimum atomic E-state index is 0.410. The third kappa shape index (κ3) is 3.05. The normalized spacial score (nSPS) is 15.3. The van der Waals surface area contributed by atoms with Crippen molar-refractivity contribution in [3.63, 3.8) is 0 Å². The Morgan fingerprint density at radius 2 is 1.73 bits per heavy atom. The Hall–Kier alpha value is -0.860. The molecule has 2 nitrogen and oxygen atoms in total. The van der Waals surface area contributed by atoms with Crippen LogP contribution in [-0.2, 0) is 0 Å². The van der Waals surface area contributed by atoms with Crippen molar-refractivity contribution in [2.75, 3.05) is 20.6 Å². The predicted octanol–water partition coefficient (Wildman–Crippen LogP) is 1.99. The van der Waals surface area contributed by atoms with Gasteiger partial charge in [-0.1, -0.05) is 36.8 Å². The van der Waals surface area contributed by atoms with Crippen LogP contribution in [0, 0.1) is 6.92 Å². The molecule has 2 N–H and O–H groups in total. The molecule has 2 unspecified atom stereocenters. The average molecular weight is 206 g/mol. The van der Waals surface area contributed by atoms with E-state index in [4.69, 9.17) is 5.73 Å². The van der Waals surface area contributed by atoms with Gasteiger partial charge in [-0.25, -0.2) is 0 Å². The van der Waals surface area contributed by atoms with E-state index in [1.807, 2.05) is 0 Å². The Labute approximate surface area is 93.1 Å². The van der Waals surface area contributed by atoms with Crippen LogP contribution in [0.5, 0.6) is 0 Å². The van der Waals surface area contributed by atoms with Gasteiger partial charge in [0.25, 0.3) is 0 Å². The number of benzene rings is 1. The van der Waals surface area contributed by atoms with Crippen LogP contribution in [-0.4, -0.2) is 31.6 Å². The van der Waals surface area contributed by atoms with Gasteiger partial charge in [-0.05, 0) is 32.5 Å². The molecule has 2 heteroatoms. The highest BCUT2D eigenvalue weighted by atomic mass is 15.1. The van der Waals surface area contributed by atoms with Crippen molar-refractivity contribution in [3.8, 4) is 0 Å². The number of rotatable bonds is 4. The van der Waals surface area contributed by atoms with Gasteiger partial charge in [-0.15, -0.1) is 0 Å². The second-order valence-corrected chi connectivity index (χ2v) is 4.47. The molecular weight excluding hydrogens is 184 g/mol. The first-order valence-electron chi connectivity index (χ1n) is 5.49. The first kappa shape index (κ1) is 12.2. The minimum absolute atomic E-state index is 0.410. The van der Waals surface area contributed by atoms with Gasteiger partial charge in [-0.3, -0.25) is 0 Å². The molecule has 0 fully saturated rings. The van der Waals surface area contributed by atoms with E-state index < -0.39 is 0 Å². The molecule has 0 aliphatic carbocycles. The number of nitrogens with zero attached hydrogens (tertiary/aromatic N) is 1. The lowest BCUT2D eigenvalue weighted by Gasteiger charge is -2.29. The van der Waals surface area contributed by atoms with Gasteiger partial charge in [-0.2, -0.15) is 0 Å². The molecule has 0 amide bonds. The molecule has 0 radical (unpaired) electrons. The lowest BCUT2D eigenvalue weighted by Crippen LogP contribution is -2.39. The van der Waals surface area contributed by atoms with Crippen LogP contribution in [0.15, 0.2) is 24.3 Å². The molecule has 1 aromatic rings. The van der Waals surface area contributed by atoms with E-state index in [1.165, 1.54) is 11.1 Å². The number of hydrogen-bond acceptors (Lipinski definition) is 2. The topological polar surface area (TPSA) is 29.3 Å². The monoisotopic (exact) mass is 206 g/mol. The Balaban J connectivity index is 2.82. The van der Waals surface area contributed by atoms with E-state index in [2.05, 4.69) is 57.1 Å². The molecule has 0 saturated heterocycles. The molecule has 0 bridgehead atoms. The summed E-state index contributed by atoms with van der Waals surface area (Å²) in [7, 11) is 4.17. The fraction of sp³-hybridized carbons (Fsp3) is 0.538. The van der Waals surface area contributed by atoms with E-state index in [1.54, 1.807) is 0 Å². The first-order chi connectivity index (χ1) is 7.06. The third-order valence-corrected chi connectivity index (χ3v) is 3.09. The van der Waals surface area contributed by atoms with Crippen LogP contribution in [0.3, 0.4) is 0 Å². The number of nitrogens with two attached hydrogens (primary N) is 1. The Kier molecular flexibility index (Phi) is 4.30. The molecule has 84 valence electrons. The van der Waals surface area contributed by atoms with Crippen molar-refractivity contribution >= 4 is 0 Å². The molecule has 0 spiro atoms. The van der Waals surface area contributed by atoms with E-state index in [0.29, 0.717) is 18.5 Å². The second kappa shape index (κ2) is 5.29. The van der Waals surface area contributed by atoms with E-state index in [0.717, 1.165) is 0 Å². The summed E-state index contributed by atoms with van der Waals surface area (Å²) in [4.78, 5) is 2.20. The van der Waals surface area contributed by atoms with Gasteiger partial charge in [0.1, 0.15) is 0 Å². The number of hydrogen-bond donors (Lipinski definition) is 1. The van der Waals surface area contributed by atoms with Crippen molar-refractivity contribution in [1.82, 2.24) is 4.90 Å². The van der Waals surface area contributed by atoms with E-state index in [-0.39, 0.29) is 0 Å².